The maximum Gasteiger partial charge on any atom is 0.436 e. The van der Waals surface area contributed by atoms with Crippen LogP contribution in [0.2, 0.25) is 0 Å². The lowest BCUT2D eigenvalue weighted by Crippen LogP contribution is -2.42. The molecule has 0 radical (unpaired) electrons. The van der Waals surface area contributed by atoms with Crippen LogP contribution < -0.4 is 10.6 Å². The van der Waals surface area contributed by atoms with Crippen molar-refractivity contribution in [2.75, 3.05) is 23.8 Å². The Hall–Kier alpha value is -3.12. The Morgan fingerprint density at radius 1 is 0.727 bits per heavy atom. The summed E-state index contributed by atoms with van der Waals surface area (Å²) < 4.78 is 13.1. The molecule has 44 heavy (non-hydrogen) atoms. The zero-order chi connectivity index (χ0) is 33.3. The Kier molecular flexibility index (Phi) is 10.8. The molecule has 0 saturated heterocycles. The normalized spacial score (nSPS) is 17.1. The topological polar surface area (TPSA) is 119 Å². The van der Waals surface area contributed by atoms with E-state index >= 15 is 0 Å². The van der Waals surface area contributed by atoms with Gasteiger partial charge in [-0.3, -0.25) is 9.80 Å². The van der Waals surface area contributed by atoms with Gasteiger partial charge in [0.1, 0.15) is 5.82 Å². The standard InChI is InChI=1S/2C16H28N4O2/c1-8-22-15(21)20-13-12(14(18-20)17-10(2)3)9-19(11(4)5)16(13,6)7;1-8-22-15(21)20-14(17-10(2)3)12-9-19(11(4)5)16(6,7)13(12)18-20/h10-11H,8-9H2,1-7H3,(H,17,18);10-11,17H,8-9H2,1-7H3. The van der Waals surface area contributed by atoms with E-state index in [1.54, 1.807) is 13.8 Å². The molecular weight excluding hydrogens is 560 g/mol. The van der Waals surface area contributed by atoms with Gasteiger partial charge in [-0.2, -0.15) is 9.78 Å². The highest BCUT2D eigenvalue weighted by Crippen LogP contribution is 2.44. The molecule has 0 saturated carbocycles. The molecule has 0 atom stereocenters. The zero-order valence-corrected chi connectivity index (χ0v) is 29.5. The lowest BCUT2D eigenvalue weighted by Gasteiger charge is -2.35. The van der Waals surface area contributed by atoms with Crippen LogP contribution in [0, 0.1) is 0 Å². The number of anilines is 2. The fourth-order valence-corrected chi connectivity index (χ4v) is 6.43. The van der Waals surface area contributed by atoms with Crippen molar-refractivity contribution in [1.29, 1.82) is 0 Å². The maximum absolute atomic E-state index is 12.3. The predicted molar refractivity (Wildman–Crippen MR) is 174 cm³/mol. The first-order valence-corrected chi connectivity index (χ1v) is 16.0. The Labute approximate surface area is 263 Å². The van der Waals surface area contributed by atoms with E-state index in [1.807, 2.05) is 0 Å². The molecule has 2 aliphatic heterocycles. The third kappa shape index (κ3) is 6.75. The van der Waals surface area contributed by atoms with Crippen LogP contribution in [0.4, 0.5) is 21.2 Å². The fraction of sp³-hybridized carbons (Fsp3) is 0.750. The highest BCUT2D eigenvalue weighted by molar-refractivity contribution is 5.76. The monoisotopic (exact) mass is 616 g/mol. The molecular formula is C32H56N8O4. The van der Waals surface area contributed by atoms with E-state index in [4.69, 9.17) is 9.47 Å². The number of hydrogen-bond donors (Lipinski definition) is 2. The Bertz CT molecular complexity index is 1320. The van der Waals surface area contributed by atoms with Crippen LogP contribution in [0.3, 0.4) is 0 Å². The first-order valence-electron chi connectivity index (χ1n) is 16.0. The van der Waals surface area contributed by atoms with Crippen LogP contribution in [0.5, 0.6) is 0 Å². The van der Waals surface area contributed by atoms with E-state index < -0.39 is 12.2 Å². The maximum atomic E-state index is 12.3. The summed E-state index contributed by atoms with van der Waals surface area (Å²) in [6.45, 7) is 31.4. The van der Waals surface area contributed by atoms with E-state index in [-0.39, 0.29) is 23.2 Å². The number of nitrogens with one attached hydrogen (secondary N) is 2. The van der Waals surface area contributed by atoms with Gasteiger partial charge in [-0.25, -0.2) is 9.59 Å². The molecule has 2 aromatic rings. The predicted octanol–water partition coefficient (Wildman–Crippen LogP) is 6.33. The molecule has 2 aliphatic rings. The Morgan fingerprint density at radius 3 is 1.68 bits per heavy atom. The van der Waals surface area contributed by atoms with Gasteiger partial charge in [-0.1, -0.05) is 0 Å². The molecule has 0 bridgehead atoms. The molecule has 0 aromatic carbocycles. The average molecular weight is 617 g/mol. The van der Waals surface area contributed by atoms with Crippen molar-refractivity contribution >= 4 is 23.8 Å². The highest BCUT2D eigenvalue weighted by Gasteiger charge is 2.46. The van der Waals surface area contributed by atoms with Gasteiger partial charge >= 0.3 is 12.2 Å². The minimum absolute atomic E-state index is 0.200. The van der Waals surface area contributed by atoms with Crippen LogP contribution in [0.15, 0.2) is 0 Å². The summed E-state index contributed by atoms with van der Waals surface area (Å²) in [7, 11) is 0. The number of carbonyl (C=O) groups is 2. The van der Waals surface area contributed by atoms with Crippen LogP contribution in [0.1, 0.15) is 119 Å². The smallest absolute Gasteiger partial charge is 0.436 e. The number of nitrogens with zero attached hydrogens (tertiary/aromatic N) is 6. The lowest BCUT2D eigenvalue weighted by molar-refractivity contribution is 0.0886. The van der Waals surface area contributed by atoms with Crippen LogP contribution in [-0.2, 0) is 33.6 Å². The molecule has 2 aromatic heterocycles. The summed E-state index contributed by atoms with van der Waals surface area (Å²) in [5, 5.41) is 15.8. The second kappa shape index (κ2) is 13.5. The van der Waals surface area contributed by atoms with Gasteiger partial charge in [-0.15, -0.1) is 9.78 Å². The van der Waals surface area contributed by atoms with Crippen molar-refractivity contribution in [3.05, 3.63) is 22.5 Å². The van der Waals surface area contributed by atoms with Crippen molar-refractivity contribution in [2.45, 2.75) is 145 Å². The summed E-state index contributed by atoms with van der Waals surface area (Å²) in [5.41, 5.74) is 3.62. The van der Waals surface area contributed by atoms with Gasteiger partial charge in [0.15, 0.2) is 5.82 Å². The van der Waals surface area contributed by atoms with E-state index in [2.05, 4.69) is 114 Å². The molecule has 4 rings (SSSR count). The highest BCUT2D eigenvalue weighted by atomic mass is 16.6. The first-order chi connectivity index (χ1) is 20.4. The van der Waals surface area contributed by atoms with Crippen molar-refractivity contribution in [2.24, 2.45) is 0 Å². The number of carbonyl (C=O) groups excluding carboxylic acids is 2. The second-order valence-corrected chi connectivity index (χ2v) is 13.7. The molecule has 12 heteroatoms. The minimum Gasteiger partial charge on any atom is -0.448 e. The quantitative estimate of drug-likeness (QED) is 0.348. The SMILES string of the molecule is CCOC(=O)n1nc(NC(C)C)c2c1C(C)(C)N(C(C)C)C2.CCOC(=O)n1nc2c(c1NC(C)C)CN(C(C)C)C2(C)C. The van der Waals surface area contributed by atoms with Gasteiger partial charge in [0.2, 0.25) is 0 Å². The molecule has 0 unspecified atom stereocenters. The third-order valence-electron chi connectivity index (χ3n) is 8.20. The minimum atomic E-state index is -0.424. The third-order valence-corrected chi connectivity index (χ3v) is 8.20. The van der Waals surface area contributed by atoms with Gasteiger partial charge in [0.25, 0.3) is 0 Å². The number of fused-ring (bicyclic) bond motifs is 2. The van der Waals surface area contributed by atoms with Gasteiger partial charge in [0, 0.05) is 48.4 Å². The molecule has 4 heterocycles. The lowest BCUT2D eigenvalue weighted by atomic mass is 9.99. The largest absolute Gasteiger partial charge is 0.448 e. The Morgan fingerprint density at radius 2 is 1.20 bits per heavy atom. The summed E-state index contributed by atoms with van der Waals surface area (Å²) >= 11 is 0. The molecule has 0 aliphatic carbocycles. The first kappa shape index (κ1) is 35.4. The van der Waals surface area contributed by atoms with Gasteiger partial charge in [0.05, 0.1) is 35.7 Å². The van der Waals surface area contributed by atoms with E-state index in [0.717, 1.165) is 47.2 Å². The summed E-state index contributed by atoms with van der Waals surface area (Å²) in [6.07, 6.45) is -0.832. The van der Waals surface area contributed by atoms with Crippen molar-refractivity contribution in [1.82, 2.24) is 29.4 Å². The van der Waals surface area contributed by atoms with Crippen LogP contribution >= 0.6 is 0 Å². The number of hydrogen-bond acceptors (Lipinski definition) is 10. The fourth-order valence-electron chi connectivity index (χ4n) is 6.43. The summed E-state index contributed by atoms with van der Waals surface area (Å²) in [6, 6.07) is 1.26. The van der Waals surface area contributed by atoms with Gasteiger partial charge in [-0.05, 0) is 96.9 Å². The number of aromatic nitrogens is 4. The van der Waals surface area contributed by atoms with E-state index in [9.17, 15) is 9.59 Å². The molecule has 0 fully saturated rings. The van der Waals surface area contributed by atoms with Crippen molar-refractivity contribution in [3.8, 4) is 0 Å². The molecule has 0 amide bonds. The average Bonchev–Trinajstić information content (AvgIpc) is 3.58. The molecule has 248 valence electrons. The second-order valence-electron chi connectivity index (χ2n) is 13.7. The summed E-state index contributed by atoms with van der Waals surface area (Å²) in [4.78, 5) is 29.3. The van der Waals surface area contributed by atoms with E-state index in [1.165, 1.54) is 9.36 Å². The Balaban J connectivity index is 0.000000240. The van der Waals surface area contributed by atoms with E-state index in [0.29, 0.717) is 25.3 Å². The molecule has 0 spiro atoms. The summed E-state index contributed by atoms with van der Waals surface area (Å²) in [5.74, 6) is 1.55. The van der Waals surface area contributed by atoms with Crippen molar-refractivity contribution in [3.63, 3.8) is 0 Å². The number of ether oxygens (including phenoxy) is 2. The molecule has 2 N–H and O–H groups in total. The number of rotatable bonds is 8. The molecule has 12 nitrogen and oxygen atoms in total. The van der Waals surface area contributed by atoms with Gasteiger partial charge < -0.3 is 20.1 Å². The van der Waals surface area contributed by atoms with Crippen molar-refractivity contribution < 1.29 is 19.1 Å². The zero-order valence-electron chi connectivity index (χ0n) is 29.5. The van der Waals surface area contributed by atoms with Crippen LogP contribution in [-0.4, -0.2) is 78.9 Å². The van der Waals surface area contributed by atoms with Crippen LogP contribution in [0.25, 0.3) is 0 Å².